The summed E-state index contributed by atoms with van der Waals surface area (Å²) in [6, 6.07) is 17.3. The lowest BCUT2D eigenvalue weighted by Gasteiger charge is -2.12. The highest BCUT2D eigenvalue weighted by Crippen LogP contribution is 2.31. The Kier molecular flexibility index (Phi) is 3.83. The van der Waals surface area contributed by atoms with E-state index in [1.165, 1.54) is 28.7 Å². The summed E-state index contributed by atoms with van der Waals surface area (Å²) in [7, 11) is 0. The zero-order valence-corrected chi connectivity index (χ0v) is 12.8. The predicted octanol–water partition coefficient (Wildman–Crippen LogP) is 5.87. The highest BCUT2D eigenvalue weighted by Gasteiger charge is 2.09. The monoisotopic (exact) mass is 281 g/mol. The second kappa shape index (κ2) is 5.76. The molecule has 2 aromatic carbocycles. The van der Waals surface area contributed by atoms with Crippen molar-refractivity contribution >= 4 is 21.6 Å². The van der Waals surface area contributed by atoms with Crippen molar-refractivity contribution in [2.45, 2.75) is 32.6 Å². The minimum atomic E-state index is 0.680. The van der Waals surface area contributed by atoms with Crippen LogP contribution in [-0.2, 0) is 0 Å². The van der Waals surface area contributed by atoms with Gasteiger partial charge in [0, 0.05) is 5.56 Å². The van der Waals surface area contributed by atoms with Crippen LogP contribution in [0.3, 0.4) is 0 Å². The molecule has 0 fully saturated rings. The quantitative estimate of drug-likeness (QED) is 0.583. The molecule has 102 valence electrons. The molecule has 0 saturated carbocycles. The van der Waals surface area contributed by atoms with Gasteiger partial charge in [0.25, 0.3) is 0 Å². The van der Waals surface area contributed by atoms with Gasteiger partial charge in [0.1, 0.15) is 5.01 Å². The maximum absolute atomic E-state index is 4.72. The van der Waals surface area contributed by atoms with Crippen LogP contribution in [-0.4, -0.2) is 4.98 Å². The molecule has 0 atom stereocenters. The van der Waals surface area contributed by atoms with Crippen molar-refractivity contribution in [1.82, 2.24) is 4.98 Å². The molecule has 0 saturated heterocycles. The highest BCUT2D eigenvalue weighted by atomic mass is 32.1. The molecule has 0 aliphatic rings. The maximum Gasteiger partial charge on any atom is 0.124 e. The third-order valence-electron chi connectivity index (χ3n) is 3.91. The van der Waals surface area contributed by atoms with Crippen molar-refractivity contribution in [3.63, 3.8) is 0 Å². The van der Waals surface area contributed by atoms with Gasteiger partial charge in [0.2, 0.25) is 0 Å². The summed E-state index contributed by atoms with van der Waals surface area (Å²) in [5.41, 5.74) is 3.76. The van der Waals surface area contributed by atoms with Crippen LogP contribution in [0.4, 0.5) is 0 Å². The average Bonchev–Trinajstić information content (AvgIpc) is 2.93. The predicted molar refractivity (Wildman–Crippen MR) is 88.4 cm³/mol. The summed E-state index contributed by atoms with van der Waals surface area (Å²) >= 11 is 1.77. The maximum atomic E-state index is 4.72. The molecule has 0 unspecified atom stereocenters. The van der Waals surface area contributed by atoms with E-state index in [9.17, 15) is 0 Å². The fraction of sp³-hybridized carbons (Fsp3) is 0.278. The Balaban J connectivity index is 1.94. The summed E-state index contributed by atoms with van der Waals surface area (Å²) in [5.74, 6) is 0.680. The normalized spacial score (nSPS) is 11.3. The van der Waals surface area contributed by atoms with Crippen LogP contribution >= 0.6 is 11.3 Å². The van der Waals surface area contributed by atoms with Gasteiger partial charge in [-0.25, -0.2) is 4.98 Å². The molecule has 0 aliphatic heterocycles. The van der Waals surface area contributed by atoms with Crippen molar-refractivity contribution in [2.75, 3.05) is 0 Å². The molecular formula is C18H19NS. The summed E-state index contributed by atoms with van der Waals surface area (Å²) < 4.78 is 1.26. The van der Waals surface area contributed by atoms with Gasteiger partial charge >= 0.3 is 0 Å². The molecule has 1 aromatic heterocycles. The Morgan fingerprint density at radius 2 is 1.65 bits per heavy atom. The number of hydrogen-bond acceptors (Lipinski definition) is 2. The van der Waals surface area contributed by atoms with Crippen LogP contribution in [0.25, 0.3) is 20.8 Å². The number of thiazole rings is 1. The van der Waals surface area contributed by atoms with E-state index in [-0.39, 0.29) is 0 Å². The number of para-hydroxylation sites is 1. The summed E-state index contributed by atoms with van der Waals surface area (Å²) in [6.07, 6.45) is 2.41. The second-order valence-corrected chi connectivity index (χ2v) is 6.15. The van der Waals surface area contributed by atoms with E-state index in [0.29, 0.717) is 5.92 Å². The molecule has 0 aliphatic carbocycles. The summed E-state index contributed by atoms with van der Waals surface area (Å²) in [4.78, 5) is 4.72. The van der Waals surface area contributed by atoms with Crippen molar-refractivity contribution in [3.8, 4) is 10.6 Å². The molecule has 3 rings (SSSR count). The van der Waals surface area contributed by atoms with Gasteiger partial charge in [-0.15, -0.1) is 11.3 Å². The zero-order chi connectivity index (χ0) is 13.9. The Morgan fingerprint density at radius 1 is 0.950 bits per heavy atom. The first kappa shape index (κ1) is 13.3. The standard InChI is InChI=1S/C18H19NS/c1-3-13(4-2)14-9-11-15(12-10-14)18-19-16-7-5-6-8-17(16)20-18/h5-13H,3-4H2,1-2H3. The molecule has 0 N–H and O–H groups in total. The SMILES string of the molecule is CCC(CC)c1ccc(-c2nc3ccccc3s2)cc1. The lowest BCUT2D eigenvalue weighted by atomic mass is 9.93. The molecule has 0 radical (unpaired) electrons. The van der Waals surface area contributed by atoms with Crippen molar-refractivity contribution in [3.05, 3.63) is 54.1 Å². The van der Waals surface area contributed by atoms with Gasteiger partial charge in [-0.05, 0) is 36.5 Å². The van der Waals surface area contributed by atoms with Crippen LogP contribution in [0.15, 0.2) is 48.5 Å². The molecular weight excluding hydrogens is 262 g/mol. The van der Waals surface area contributed by atoms with Gasteiger partial charge in [0.05, 0.1) is 10.2 Å². The van der Waals surface area contributed by atoms with E-state index < -0.39 is 0 Å². The van der Waals surface area contributed by atoms with E-state index in [0.717, 1.165) is 10.5 Å². The van der Waals surface area contributed by atoms with E-state index in [1.807, 2.05) is 6.07 Å². The molecule has 2 heteroatoms. The Labute approximate surface area is 124 Å². The minimum Gasteiger partial charge on any atom is -0.236 e. The van der Waals surface area contributed by atoms with Crippen molar-refractivity contribution in [2.24, 2.45) is 0 Å². The van der Waals surface area contributed by atoms with E-state index in [4.69, 9.17) is 4.98 Å². The smallest absolute Gasteiger partial charge is 0.124 e. The molecule has 0 spiro atoms. The van der Waals surface area contributed by atoms with E-state index in [2.05, 4.69) is 56.3 Å². The fourth-order valence-electron chi connectivity index (χ4n) is 2.65. The Hall–Kier alpha value is -1.67. The highest BCUT2D eigenvalue weighted by molar-refractivity contribution is 7.21. The molecule has 3 aromatic rings. The van der Waals surface area contributed by atoms with E-state index >= 15 is 0 Å². The molecule has 1 nitrogen and oxygen atoms in total. The molecule has 20 heavy (non-hydrogen) atoms. The Morgan fingerprint density at radius 3 is 2.30 bits per heavy atom. The van der Waals surface area contributed by atoms with Crippen LogP contribution < -0.4 is 0 Å². The first-order valence-electron chi connectivity index (χ1n) is 7.27. The molecule has 0 amide bonds. The van der Waals surface area contributed by atoms with Gasteiger partial charge in [-0.1, -0.05) is 50.2 Å². The van der Waals surface area contributed by atoms with Crippen molar-refractivity contribution in [1.29, 1.82) is 0 Å². The van der Waals surface area contributed by atoms with Crippen molar-refractivity contribution < 1.29 is 0 Å². The van der Waals surface area contributed by atoms with Gasteiger partial charge < -0.3 is 0 Å². The molecule has 0 bridgehead atoms. The lowest BCUT2D eigenvalue weighted by Crippen LogP contribution is -1.94. The van der Waals surface area contributed by atoms with Crippen LogP contribution in [0.2, 0.25) is 0 Å². The van der Waals surface area contributed by atoms with Gasteiger partial charge in [0.15, 0.2) is 0 Å². The van der Waals surface area contributed by atoms with E-state index in [1.54, 1.807) is 11.3 Å². The number of nitrogens with zero attached hydrogens (tertiary/aromatic N) is 1. The topological polar surface area (TPSA) is 12.9 Å². The van der Waals surface area contributed by atoms with Crippen LogP contribution in [0.1, 0.15) is 38.2 Å². The fourth-order valence-corrected chi connectivity index (χ4v) is 3.62. The largest absolute Gasteiger partial charge is 0.236 e. The van der Waals surface area contributed by atoms with Crippen LogP contribution in [0.5, 0.6) is 0 Å². The first-order chi connectivity index (χ1) is 9.81. The summed E-state index contributed by atoms with van der Waals surface area (Å²) in [5, 5.41) is 1.11. The average molecular weight is 281 g/mol. The van der Waals surface area contributed by atoms with Gasteiger partial charge in [-0.3, -0.25) is 0 Å². The van der Waals surface area contributed by atoms with Gasteiger partial charge in [-0.2, -0.15) is 0 Å². The third kappa shape index (κ3) is 2.48. The second-order valence-electron chi connectivity index (χ2n) is 5.12. The molecule has 1 heterocycles. The number of hydrogen-bond donors (Lipinski definition) is 0. The zero-order valence-electron chi connectivity index (χ0n) is 12.0. The van der Waals surface area contributed by atoms with Crippen LogP contribution in [0, 0.1) is 0 Å². The number of aromatic nitrogens is 1. The number of rotatable bonds is 4. The summed E-state index contributed by atoms with van der Waals surface area (Å²) in [6.45, 7) is 4.52. The minimum absolute atomic E-state index is 0.680. The number of benzene rings is 2. The lowest BCUT2D eigenvalue weighted by molar-refractivity contribution is 0.642. The number of fused-ring (bicyclic) bond motifs is 1. The first-order valence-corrected chi connectivity index (χ1v) is 8.09. The third-order valence-corrected chi connectivity index (χ3v) is 4.99. The Bertz CT molecular complexity index is 660.